The van der Waals surface area contributed by atoms with Crippen LogP contribution in [0.3, 0.4) is 0 Å². The lowest BCUT2D eigenvalue weighted by molar-refractivity contribution is 0.0418. The fourth-order valence-electron chi connectivity index (χ4n) is 2.13. The molecule has 0 aliphatic rings. The van der Waals surface area contributed by atoms with Crippen molar-refractivity contribution in [2.75, 3.05) is 40.4 Å². The van der Waals surface area contributed by atoms with E-state index in [-0.39, 0.29) is 5.41 Å². The van der Waals surface area contributed by atoms with Crippen molar-refractivity contribution in [1.82, 2.24) is 10.2 Å². The Labute approximate surface area is 113 Å². The van der Waals surface area contributed by atoms with Gasteiger partial charge in [-0.3, -0.25) is 0 Å². The maximum Gasteiger partial charge on any atom is 0.0899 e. The van der Waals surface area contributed by atoms with Crippen LogP contribution < -0.4 is 5.32 Å². The minimum Gasteiger partial charge on any atom is -0.389 e. The second-order valence-electron chi connectivity index (χ2n) is 6.14. The summed E-state index contributed by atoms with van der Waals surface area (Å²) in [7, 11) is 3.66. The van der Waals surface area contributed by atoms with Crippen LogP contribution in [0.1, 0.15) is 34.1 Å². The van der Waals surface area contributed by atoms with Gasteiger partial charge in [0.2, 0.25) is 0 Å². The van der Waals surface area contributed by atoms with E-state index in [1.807, 2.05) is 7.05 Å². The van der Waals surface area contributed by atoms with Gasteiger partial charge in [0.05, 0.1) is 12.7 Å². The highest BCUT2D eigenvalue weighted by molar-refractivity contribution is 4.81. The van der Waals surface area contributed by atoms with Crippen LogP contribution in [0.25, 0.3) is 0 Å². The molecule has 0 aromatic carbocycles. The molecule has 0 saturated heterocycles. The smallest absolute Gasteiger partial charge is 0.0899 e. The highest BCUT2D eigenvalue weighted by Crippen LogP contribution is 2.21. The van der Waals surface area contributed by atoms with Crippen molar-refractivity contribution in [2.45, 2.75) is 46.3 Å². The zero-order chi connectivity index (χ0) is 14.2. The molecule has 2 unspecified atom stereocenters. The van der Waals surface area contributed by atoms with Crippen LogP contribution in [0.5, 0.6) is 0 Å². The predicted octanol–water partition coefficient (Wildman–Crippen LogP) is 1.34. The van der Waals surface area contributed by atoms with Crippen LogP contribution in [-0.4, -0.2) is 62.6 Å². The van der Waals surface area contributed by atoms with Crippen LogP contribution >= 0.6 is 0 Å². The Morgan fingerprint density at radius 1 is 1.33 bits per heavy atom. The third-order valence-electron chi connectivity index (χ3n) is 3.18. The number of rotatable bonds is 9. The lowest BCUT2D eigenvalue weighted by Crippen LogP contribution is -2.43. The summed E-state index contributed by atoms with van der Waals surface area (Å²) in [6.07, 6.45) is 0.695. The molecule has 0 heterocycles. The summed E-state index contributed by atoms with van der Waals surface area (Å²) in [6, 6.07) is 0.504. The third-order valence-corrected chi connectivity index (χ3v) is 3.18. The fraction of sp³-hybridized carbons (Fsp3) is 1.00. The molecule has 0 bridgehead atoms. The van der Waals surface area contributed by atoms with E-state index in [1.54, 1.807) is 7.11 Å². The van der Waals surface area contributed by atoms with E-state index in [2.05, 4.69) is 37.9 Å². The van der Waals surface area contributed by atoms with Crippen LogP contribution in [0.2, 0.25) is 0 Å². The van der Waals surface area contributed by atoms with Crippen molar-refractivity contribution in [2.24, 2.45) is 5.41 Å². The van der Waals surface area contributed by atoms with Crippen LogP contribution in [0.15, 0.2) is 0 Å². The summed E-state index contributed by atoms with van der Waals surface area (Å²) in [5.41, 5.74) is 0.266. The number of likely N-dealkylation sites (N-methyl/N-ethyl adjacent to an activating group) is 1. The first-order valence-electron chi connectivity index (χ1n) is 6.90. The lowest BCUT2D eigenvalue weighted by Gasteiger charge is -2.33. The highest BCUT2D eigenvalue weighted by Gasteiger charge is 2.23. The first kappa shape index (κ1) is 17.8. The van der Waals surface area contributed by atoms with Crippen molar-refractivity contribution < 1.29 is 9.84 Å². The molecule has 0 aromatic heterocycles. The largest absolute Gasteiger partial charge is 0.389 e. The molecule has 0 spiro atoms. The zero-order valence-electron chi connectivity index (χ0n) is 13.0. The lowest BCUT2D eigenvalue weighted by atomic mass is 9.84. The van der Waals surface area contributed by atoms with Crippen LogP contribution in [0.4, 0.5) is 0 Å². The van der Waals surface area contributed by atoms with Crippen LogP contribution in [-0.2, 0) is 4.74 Å². The van der Waals surface area contributed by atoms with Gasteiger partial charge in [-0.05, 0) is 32.0 Å². The van der Waals surface area contributed by atoms with Gasteiger partial charge in [0.15, 0.2) is 0 Å². The number of aliphatic hydroxyl groups excluding tert-OH is 1. The van der Waals surface area contributed by atoms with Gasteiger partial charge in [-0.2, -0.15) is 0 Å². The second kappa shape index (κ2) is 8.86. The Morgan fingerprint density at radius 2 is 1.94 bits per heavy atom. The maximum atomic E-state index is 9.67. The molecule has 0 aromatic rings. The molecule has 0 aliphatic heterocycles. The van der Waals surface area contributed by atoms with Gasteiger partial charge in [-0.1, -0.05) is 27.7 Å². The van der Waals surface area contributed by atoms with E-state index >= 15 is 0 Å². The maximum absolute atomic E-state index is 9.67. The highest BCUT2D eigenvalue weighted by atomic mass is 16.5. The van der Waals surface area contributed by atoms with E-state index in [4.69, 9.17) is 4.74 Å². The predicted molar refractivity (Wildman–Crippen MR) is 76.9 cm³/mol. The van der Waals surface area contributed by atoms with Crippen LogP contribution in [0, 0.1) is 5.41 Å². The Hall–Kier alpha value is -0.160. The van der Waals surface area contributed by atoms with Gasteiger partial charge in [0, 0.05) is 19.7 Å². The number of aliphatic hydroxyl groups is 1. The zero-order valence-corrected chi connectivity index (χ0v) is 13.0. The summed E-state index contributed by atoms with van der Waals surface area (Å²) in [6.45, 7) is 12.0. The molecular formula is C14H32N2O2. The Balaban J connectivity index is 4.03. The number of hydrogen-bond donors (Lipinski definition) is 2. The SMILES string of the molecule is CCNC(CCN(C)CC(O)COC)C(C)(C)C. The van der Waals surface area contributed by atoms with Gasteiger partial charge < -0.3 is 20.1 Å². The van der Waals surface area contributed by atoms with Crippen molar-refractivity contribution >= 4 is 0 Å². The Morgan fingerprint density at radius 3 is 2.39 bits per heavy atom. The van der Waals surface area contributed by atoms with Crippen molar-refractivity contribution in [1.29, 1.82) is 0 Å². The first-order valence-corrected chi connectivity index (χ1v) is 6.90. The van der Waals surface area contributed by atoms with E-state index in [1.165, 1.54) is 0 Å². The summed E-state index contributed by atoms with van der Waals surface area (Å²) in [5.74, 6) is 0. The van der Waals surface area contributed by atoms with Crippen molar-refractivity contribution in [3.63, 3.8) is 0 Å². The molecule has 2 N–H and O–H groups in total. The molecule has 4 heteroatoms. The number of hydrogen-bond acceptors (Lipinski definition) is 4. The molecular weight excluding hydrogens is 228 g/mol. The summed E-state index contributed by atoms with van der Waals surface area (Å²) < 4.78 is 4.93. The average Bonchev–Trinajstić information content (AvgIpc) is 2.22. The van der Waals surface area contributed by atoms with Gasteiger partial charge in [-0.25, -0.2) is 0 Å². The monoisotopic (exact) mass is 260 g/mol. The number of methoxy groups -OCH3 is 1. The molecule has 18 heavy (non-hydrogen) atoms. The summed E-state index contributed by atoms with van der Waals surface area (Å²) in [5, 5.41) is 13.2. The normalized spacial score (nSPS) is 16.0. The minimum atomic E-state index is -0.396. The average molecular weight is 260 g/mol. The van der Waals surface area contributed by atoms with Gasteiger partial charge in [0.25, 0.3) is 0 Å². The Bertz CT molecular complexity index is 204. The molecule has 2 atom stereocenters. The molecule has 0 rings (SSSR count). The Kier molecular flexibility index (Phi) is 8.78. The molecule has 0 aliphatic carbocycles. The number of nitrogens with zero attached hydrogens (tertiary/aromatic N) is 1. The molecule has 4 nitrogen and oxygen atoms in total. The molecule has 0 fully saturated rings. The first-order chi connectivity index (χ1) is 8.31. The summed E-state index contributed by atoms with van der Waals surface area (Å²) in [4.78, 5) is 2.17. The van der Waals surface area contributed by atoms with Crippen molar-refractivity contribution in [3.8, 4) is 0 Å². The van der Waals surface area contributed by atoms with Gasteiger partial charge in [-0.15, -0.1) is 0 Å². The quantitative estimate of drug-likeness (QED) is 0.657. The molecule has 0 radical (unpaired) electrons. The van der Waals surface area contributed by atoms with Gasteiger partial charge >= 0.3 is 0 Å². The fourth-order valence-corrected chi connectivity index (χ4v) is 2.13. The van der Waals surface area contributed by atoms with E-state index in [0.717, 1.165) is 19.5 Å². The van der Waals surface area contributed by atoms with Gasteiger partial charge in [0.1, 0.15) is 0 Å². The molecule has 0 amide bonds. The third kappa shape index (κ3) is 8.03. The van der Waals surface area contributed by atoms with E-state index in [0.29, 0.717) is 19.2 Å². The molecule has 110 valence electrons. The molecule has 0 saturated carbocycles. The number of nitrogens with one attached hydrogen (secondary N) is 1. The van der Waals surface area contributed by atoms with E-state index < -0.39 is 6.10 Å². The number of ether oxygens (including phenoxy) is 1. The topological polar surface area (TPSA) is 44.7 Å². The second-order valence-corrected chi connectivity index (χ2v) is 6.14. The van der Waals surface area contributed by atoms with E-state index in [9.17, 15) is 5.11 Å². The van der Waals surface area contributed by atoms with Crippen molar-refractivity contribution in [3.05, 3.63) is 0 Å². The standard InChI is InChI=1S/C14H32N2O2/c1-7-15-13(14(2,3)4)8-9-16(5)10-12(17)11-18-6/h12-13,15,17H,7-11H2,1-6H3. The summed E-state index contributed by atoms with van der Waals surface area (Å²) >= 11 is 0. The minimum absolute atomic E-state index is 0.266.